The van der Waals surface area contributed by atoms with Crippen LogP contribution in [0, 0.1) is 6.92 Å². The first-order chi connectivity index (χ1) is 8.54. The molecule has 0 radical (unpaired) electrons. The Bertz CT molecular complexity index is 581. The summed E-state index contributed by atoms with van der Waals surface area (Å²) in [6.45, 7) is 1.87. The molecule has 2 aromatic heterocycles. The van der Waals surface area contributed by atoms with Gasteiger partial charge in [0.05, 0.1) is 5.69 Å². The van der Waals surface area contributed by atoms with Gasteiger partial charge in [-0.3, -0.25) is 4.79 Å². The van der Waals surface area contributed by atoms with Crippen LogP contribution in [0.3, 0.4) is 0 Å². The molecular weight excluding hydrogens is 256 g/mol. The van der Waals surface area contributed by atoms with Crippen LogP contribution in [0.15, 0.2) is 18.6 Å². The van der Waals surface area contributed by atoms with E-state index < -0.39 is 0 Å². The van der Waals surface area contributed by atoms with Gasteiger partial charge in [-0.2, -0.15) is 0 Å². The molecule has 0 bridgehead atoms. The quantitative estimate of drug-likeness (QED) is 0.803. The van der Waals surface area contributed by atoms with Gasteiger partial charge in [0.2, 0.25) is 11.9 Å². The van der Waals surface area contributed by atoms with E-state index in [9.17, 15) is 4.79 Å². The van der Waals surface area contributed by atoms with Gasteiger partial charge in [-0.15, -0.1) is 5.10 Å². The molecule has 0 aliphatic rings. The summed E-state index contributed by atoms with van der Waals surface area (Å²) in [7, 11) is 0. The molecule has 2 rings (SSSR count). The Kier molecular flexibility index (Phi) is 3.42. The zero-order chi connectivity index (χ0) is 13.1. The SMILES string of the molecule is Cc1cnc(Cl)c(NC(=O)Cn2cnc(N)n2)c1. The second kappa shape index (κ2) is 5.01. The van der Waals surface area contributed by atoms with E-state index in [1.54, 1.807) is 12.3 Å². The number of nitrogens with zero attached hydrogens (tertiary/aromatic N) is 4. The van der Waals surface area contributed by atoms with Crippen LogP contribution in [0.25, 0.3) is 0 Å². The summed E-state index contributed by atoms with van der Waals surface area (Å²) in [5.41, 5.74) is 6.71. The van der Waals surface area contributed by atoms with E-state index in [0.717, 1.165) is 5.56 Å². The lowest BCUT2D eigenvalue weighted by molar-refractivity contribution is -0.116. The maximum Gasteiger partial charge on any atom is 0.246 e. The average Bonchev–Trinajstić information content (AvgIpc) is 2.69. The molecule has 0 aliphatic heterocycles. The third-order valence-electron chi connectivity index (χ3n) is 2.11. The van der Waals surface area contributed by atoms with Gasteiger partial charge in [-0.05, 0) is 18.6 Å². The minimum absolute atomic E-state index is 0.00840. The summed E-state index contributed by atoms with van der Waals surface area (Å²) >= 11 is 5.87. The normalized spacial score (nSPS) is 10.3. The van der Waals surface area contributed by atoms with Crippen molar-refractivity contribution in [1.29, 1.82) is 0 Å². The third-order valence-corrected chi connectivity index (χ3v) is 2.41. The van der Waals surface area contributed by atoms with Crippen molar-refractivity contribution in [2.45, 2.75) is 13.5 Å². The van der Waals surface area contributed by atoms with E-state index in [-0.39, 0.29) is 23.6 Å². The first-order valence-corrected chi connectivity index (χ1v) is 5.49. The summed E-state index contributed by atoms with van der Waals surface area (Å²) in [4.78, 5) is 19.4. The second-order valence-electron chi connectivity index (χ2n) is 3.70. The number of nitrogen functional groups attached to an aromatic ring is 1. The van der Waals surface area contributed by atoms with Crippen molar-refractivity contribution in [2.75, 3.05) is 11.1 Å². The Morgan fingerprint density at radius 1 is 1.56 bits per heavy atom. The highest BCUT2D eigenvalue weighted by molar-refractivity contribution is 6.32. The number of hydrogen-bond donors (Lipinski definition) is 2. The van der Waals surface area contributed by atoms with Gasteiger partial charge < -0.3 is 11.1 Å². The van der Waals surface area contributed by atoms with Crippen molar-refractivity contribution < 1.29 is 4.79 Å². The fourth-order valence-corrected chi connectivity index (χ4v) is 1.51. The molecule has 1 amide bonds. The number of carbonyl (C=O) groups excluding carboxylic acids is 1. The molecule has 0 aliphatic carbocycles. The van der Waals surface area contributed by atoms with Gasteiger partial charge in [0.15, 0.2) is 5.15 Å². The van der Waals surface area contributed by atoms with Crippen molar-refractivity contribution in [3.8, 4) is 0 Å². The summed E-state index contributed by atoms with van der Waals surface area (Å²) in [6.07, 6.45) is 3.00. The molecule has 3 N–H and O–H groups in total. The van der Waals surface area contributed by atoms with E-state index in [0.29, 0.717) is 5.69 Å². The van der Waals surface area contributed by atoms with Crippen molar-refractivity contribution in [3.63, 3.8) is 0 Å². The van der Waals surface area contributed by atoms with Crippen LogP contribution in [0.1, 0.15) is 5.56 Å². The Morgan fingerprint density at radius 3 is 3.00 bits per heavy atom. The highest BCUT2D eigenvalue weighted by Gasteiger charge is 2.08. The Hall–Kier alpha value is -2.15. The zero-order valence-corrected chi connectivity index (χ0v) is 10.3. The Balaban J connectivity index is 2.05. The van der Waals surface area contributed by atoms with Gasteiger partial charge in [0, 0.05) is 6.20 Å². The maximum absolute atomic E-state index is 11.7. The second-order valence-corrected chi connectivity index (χ2v) is 4.06. The minimum Gasteiger partial charge on any atom is -0.367 e. The summed E-state index contributed by atoms with van der Waals surface area (Å²) in [6, 6.07) is 1.74. The molecule has 0 aromatic carbocycles. The number of nitrogens with two attached hydrogens (primary N) is 1. The number of amides is 1. The standard InChI is InChI=1S/C10H11ClN6O/c1-6-2-7(9(11)13-3-6)15-8(18)4-17-5-14-10(12)16-17/h2-3,5H,4H2,1H3,(H2,12,16)(H,15,18). The number of hydrogen-bond acceptors (Lipinski definition) is 5. The smallest absolute Gasteiger partial charge is 0.246 e. The lowest BCUT2D eigenvalue weighted by atomic mass is 10.3. The van der Waals surface area contributed by atoms with Gasteiger partial charge in [-0.25, -0.2) is 14.6 Å². The summed E-state index contributed by atoms with van der Waals surface area (Å²) < 4.78 is 1.34. The van der Waals surface area contributed by atoms with Gasteiger partial charge in [-0.1, -0.05) is 11.6 Å². The molecule has 94 valence electrons. The summed E-state index contributed by atoms with van der Waals surface area (Å²) in [5, 5.41) is 6.69. The highest BCUT2D eigenvalue weighted by atomic mass is 35.5. The maximum atomic E-state index is 11.7. The molecular formula is C10H11ClN6O. The molecule has 2 aromatic rings. The van der Waals surface area contributed by atoms with E-state index in [1.165, 1.54) is 11.0 Å². The Morgan fingerprint density at radius 2 is 2.33 bits per heavy atom. The van der Waals surface area contributed by atoms with Crippen LogP contribution in [0.5, 0.6) is 0 Å². The Labute approximate surface area is 108 Å². The third kappa shape index (κ3) is 2.95. The van der Waals surface area contributed by atoms with Crippen molar-refractivity contribution in [3.05, 3.63) is 29.3 Å². The molecule has 0 saturated carbocycles. The lowest BCUT2D eigenvalue weighted by Crippen LogP contribution is -2.19. The number of pyridine rings is 1. The largest absolute Gasteiger partial charge is 0.367 e. The molecule has 2 heterocycles. The molecule has 0 saturated heterocycles. The topological polar surface area (TPSA) is 98.7 Å². The van der Waals surface area contributed by atoms with Crippen LogP contribution >= 0.6 is 11.6 Å². The predicted molar refractivity (Wildman–Crippen MR) is 67.0 cm³/mol. The van der Waals surface area contributed by atoms with Gasteiger partial charge >= 0.3 is 0 Å². The fourth-order valence-electron chi connectivity index (χ4n) is 1.36. The van der Waals surface area contributed by atoms with E-state index in [4.69, 9.17) is 17.3 Å². The first kappa shape index (κ1) is 12.3. The fraction of sp³-hybridized carbons (Fsp3) is 0.200. The number of carbonyl (C=O) groups is 1. The van der Waals surface area contributed by atoms with E-state index in [1.807, 2.05) is 6.92 Å². The number of aromatic nitrogens is 4. The molecule has 0 atom stereocenters. The molecule has 0 unspecified atom stereocenters. The van der Waals surface area contributed by atoms with Crippen LogP contribution in [-0.2, 0) is 11.3 Å². The van der Waals surface area contributed by atoms with Gasteiger partial charge in [0.25, 0.3) is 0 Å². The van der Waals surface area contributed by atoms with Gasteiger partial charge in [0.1, 0.15) is 12.9 Å². The zero-order valence-electron chi connectivity index (χ0n) is 9.59. The first-order valence-electron chi connectivity index (χ1n) is 5.11. The minimum atomic E-state index is -0.283. The molecule has 18 heavy (non-hydrogen) atoms. The van der Waals surface area contributed by atoms with Crippen molar-refractivity contribution in [1.82, 2.24) is 19.7 Å². The number of nitrogens with one attached hydrogen (secondary N) is 1. The van der Waals surface area contributed by atoms with Crippen molar-refractivity contribution in [2.24, 2.45) is 0 Å². The molecule has 7 nitrogen and oxygen atoms in total. The summed E-state index contributed by atoms with van der Waals surface area (Å²) in [5.74, 6) is -0.160. The van der Waals surface area contributed by atoms with Crippen molar-refractivity contribution >= 4 is 29.1 Å². The highest BCUT2D eigenvalue weighted by Crippen LogP contribution is 2.19. The molecule has 0 fully saturated rings. The van der Waals surface area contributed by atoms with Crippen LogP contribution in [-0.4, -0.2) is 25.7 Å². The monoisotopic (exact) mass is 266 g/mol. The van der Waals surface area contributed by atoms with Crippen LogP contribution in [0.2, 0.25) is 5.15 Å². The number of aryl methyl sites for hydroxylation is 1. The van der Waals surface area contributed by atoms with Crippen LogP contribution in [0.4, 0.5) is 11.6 Å². The van der Waals surface area contributed by atoms with E-state index >= 15 is 0 Å². The number of rotatable bonds is 3. The van der Waals surface area contributed by atoms with E-state index in [2.05, 4.69) is 20.4 Å². The average molecular weight is 267 g/mol. The molecule has 8 heteroatoms. The number of halogens is 1. The lowest BCUT2D eigenvalue weighted by Gasteiger charge is -2.07. The molecule has 0 spiro atoms. The number of anilines is 2. The van der Waals surface area contributed by atoms with Crippen LogP contribution < -0.4 is 11.1 Å². The predicted octanol–water partition coefficient (Wildman–Crippen LogP) is 0.856.